The van der Waals surface area contributed by atoms with Crippen molar-refractivity contribution in [3.63, 3.8) is 0 Å². The molecule has 90 valence electrons. The summed E-state index contributed by atoms with van der Waals surface area (Å²) in [7, 11) is 0. The van der Waals surface area contributed by atoms with Gasteiger partial charge in [-0.3, -0.25) is 0 Å². The van der Waals surface area contributed by atoms with Crippen LogP contribution in [0, 0.1) is 0 Å². The molecule has 0 spiro atoms. The lowest BCUT2D eigenvalue weighted by Crippen LogP contribution is -2.34. The second-order valence-corrected chi connectivity index (χ2v) is 4.65. The first-order valence-corrected chi connectivity index (χ1v) is 6.58. The van der Waals surface area contributed by atoms with E-state index in [1.165, 1.54) is 5.56 Å². The van der Waals surface area contributed by atoms with Gasteiger partial charge in [0.15, 0.2) is 0 Å². The van der Waals surface area contributed by atoms with Crippen molar-refractivity contribution in [1.82, 2.24) is 10.3 Å². The molecule has 0 radical (unpaired) electrons. The van der Waals surface area contributed by atoms with Gasteiger partial charge in [0, 0.05) is 18.0 Å². The van der Waals surface area contributed by atoms with Crippen LogP contribution in [0.1, 0.15) is 11.3 Å². The molecule has 3 nitrogen and oxygen atoms in total. The second-order valence-electron chi connectivity index (χ2n) is 3.93. The van der Waals surface area contributed by atoms with Crippen molar-refractivity contribution in [2.45, 2.75) is 19.0 Å². The van der Waals surface area contributed by atoms with E-state index >= 15 is 0 Å². The molecule has 0 saturated carbocycles. The molecule has 0 aliphatic rings. The van der Waals surface area contributed by atoms with E-state index in [-0.39, 0.29) is 12.6 Å². The van der Waals surface area contributed by atoms with E-state index in [0.29, 0.717) is 6.54 Å². The number of nitrogens with one attached hydrogen (secondary N) is 1. The molecule has 0 aliphatic carbocycles. The maximum atomic E-state index is 9.34. The summed E-state index contributed by atoms with van der Waals surface area (Å²) in [5, 5.41) is 14.7. The highest BCUT2D eigenvalue weighted by molar-refractivity contribution is 7.07. The zero-order valence-electron chi connectivity index (χ0n) is 9.54. The summed E-state index contributed by atoms with van der Waals surface area (Å²) in [6, 6.07) is 10.3. The second kappa shape index (κ2) is 6.49. The van der Waals surface area contributed by atoms with Crippen LogP contribution in [0.15, 0.2) is 41.2 Å². The molecular weight excluding hydrogens is 232 g/mol. The number of aromatic nitrogens is 1. The molecule has 4 heteroatoms. The molecule has 0 aliphatic heterocycles. The summed E-state index contributed by atoms with van der Waals surface area (Å²) in [5.74, 6) is 0. The van der Waals surface area contributed by atoms with Crippen molar-refractivity contribution < 1.29 is 5.11 Å². The molecule has 2 rings (SSSR count). The average molecular weight is 248 g/mol. The third kappa shape index (κ3) is 3.93. The fourth-order valence-corrected chi connectivity index (χ4v) is 2.23. The number of aliphatic hydroxyl groups is 1. The smallest absolute Gasteiger partial charge is 0.0795 e. The van der Waals surface area contributed by atoms with Gasteiger partial charge in [-0.2, -0.15) is 0 Å². The number of aliphatic hydroxyl groups excluding tert-OH is 1. The van der Waals surface area contributed by atoms with E-state index in [0.717, 1.165) is 12.1 Å². The van der Waals surface area contributed by atoms with Crippen LogP contribution in [-0.4, -0.2) is 22.7 Å². The van der Waals surface area contributed by atoms with Gasteiger partial charge in [0.05, 0.1) is 17.8 Å². The molecule has 0 saturated heterocycles. The Morgan fingerprint density at radius 2 is 2.12 bits per heavy atom. The average Bonchev–Trinajstić information content (AvgIpc) is 2.89. The molecular formula is C13H16N2OS. The van der Waals surface area contributed by atoms with E-state index in [2.05, 4.69) is 22.4 Å². The fraction of sp³-hybridized carbons (Fsp3) is 0.308. The van der Waals surface area contributed by atoms with Crippen LogP contribution in [0.2, 0.25) is 0 Å². The van der Waals surface area contributed by atoms with E-state index in [1.807, 2.05) is 29.1 Å². The van der Waals surface area contributed by atoms with Gasteiger partial charge < -0.3 is 10.4 Å². The summed E-state index contributed by atoms with van der Waals surface area (Å²) < 4.78 is 0. The van der Waals surface area contributed by atoms with E-state index in [1.54, 1.807) is 11.3 Å². The summed E-state index contributed by atoms with van der Waals surface area (Å²) in [4.78, 5) is 4.20. The van der Waals surface area contributed by atoms with Crippen LogP contribution in [0.3, 0.4) is 0 Å². The first-order chi connectivity index (χ1) is 8.38. The largest absolute Gasteiger partial charge is 0.395 e. The van der Waals surface area contributed by atoms with Gasteiger partial charge in [0.2, 0.25) is 0 Å². The molecule has 1 heterocycles. The first kappa shape index (κ1) is 12.2. The van der Waals surface area contributed by atoms with Gasteiger partial charge in [0.25, 0.3) is 0 Å². The predicted octanol–water partition coefficient (Wildman–Crippen LogP) is 1.84. The molecule has 17 heavy (non-hydrogen) atoms. The Balaban J connectivity index is 1.85. The maximum absolute atomic E-state index is 9.34. The Labute approximate surface area is 105 Å². The van der Waals surface area contributed by atoms with Crippen LogP contribution < -0.4 is 5.32 Å². The lowest BCUT2D eigenvalue weighted by molar-refractivity contribution is 0.240. The standard InChI is InChI=1S/C13H16N2OS/c16-8-12(6-11-4-2-1-3-5-11)14-7-13-9-17-10-15-13/h1-5,9-10,12,14,16H,6-8H2. The number of hydrogen-bond donors (Lipinski definition) is 2. The van der Waals surface area contributed by atoms with E-state index in [4.69, 9.17) is 0 Å². The fourth-order valence-electron chi connectivity index (χ4n) is 1.67. The van der Waals surface area contributed by atoms with Crippen molar-refractivity contribution in [3.05, 3.63) is 52.5 Å². The summed E-state index contributed by atoms with van der Waals surface area (Å²) >= 11 is 1.59. The van der Waals surface area contributed by atoms with Gasteiger partial charge in [-0.05, 0) is 12.0 Å². The van der Waals surface area contributed by atoms with Gasteiger partial charge in [-0.15, -0.1) is 11.3 Å². The molecule has 0 fully saturated rings. The highest BCUT2D eigenvalue weighted by Crippen LogP contribution is 2.05. The number of benzene rings is 1. The van der Waals surface area contributed by atoms with Crippen LogP contribution in [-0.2, 0) is 13.0 Å². The molecule has 0 amide bonds. The molecule has 1 aromatic carbocycles. The molecule has 2 aromatic rings. The maximum Gasteiger partial charge on any atom is 0.0795 e. The van der Waals surface area contributed by atoms with Crippen LogP contribution in [0.25, 0.3) is 0 Å². The number of hydrogen-bond acceptors (Lipinski definition) is 4. The summed E-state index contributed by atoms with van der Waals surface area (Å²) in [5.41, 5.74) is 4.08. The number of nitrogens with zero attached hydrogens (tertiary/aromatic N) is 1. The lowest BCUT2D eigenvalue weighted by Gasteiger charge is -2.15. The Morgan fingerprint density at radius 1 is 1.29 bits per heavy atom. The third-order valence-electron chi connectivity index (χ3n) is 2.60. The van der Waals surface area contributed by atoms with Crippen LogP contribution in [0.4, 0.5) is 0 Å². The van der Waals surface area contributed by atoms with Crippen molar-refractivity contribution in [1.29, 1.82) is 0 Å². The Morgan fingerprint density at radius 3 is 2.76 bits per heavy atom. The Hall–Kier alpha value is -1.23. The van der Waals surface area contributed by atoms with Gasteiger partial charge >= 0.3 is 0 Å². The first-order valence-electron chi connectivity index (χ1n) is 5.63. The SMILES string of the molecule is OCC(Cc1ccccc1)NCc1cscn1. The minimum atomic E-state index is 0.0825. The van der Waals surface area contributed by atoms with Gasteiger partial charge in [0.1, 0.15) is 0 Å². The zero-order chi connectivity index (χ0) is 11.9. The predicted molar refractivity (Wildman–Crippen MR) is 70.0 cm³/mol. The summed E-state index contributed by atoms with van der Waals surface area (Å²) in [6.07, 6.45) is 0.835. The van der Waals surface area contributed by atoms with E-state index in [9.17, 15) is 5.11 Å². The monoisotopic (exact) mass is 248 g/mol. The highest BCUT2D eigenvalue weighted by atomic mass is 32.1. The third-order valence-corrected chi connectivity index (χ3v) is 3.24. The van der Waals surface area contributed by atoms with Crippen LogP contribution in [0.5, 0.6) is 0 Å². The van der Waals surface area contributed by atoms with E-state index < -0.39 is 0 Å². The molecule has 2 N–H and O–H groups in total. The van der Waals surface area contributed by atoms with Gasteiger partial charge in [-0.25, -0.2) is 4.98 Å². The Kier molecular flexibility index (Phi) is 4.67. The van der Waals surface area contributed by atoms with Crippen molar-refractivity contribution in [2.75, 3.05) is 6.61 Å². The van der Waals surface area contributed by atoms with Crippen molar-refractivity contribution in [2.24, 2.45) is 0 Å². The zero-order valence-corrected chi connectivity index (χ0v) is 10.4. The molecule has 1 aromatic heterocycles. The minimum Gasteiger partial charge on any atom is -0.395 e. The molecule has 1 atom stereocenters. The number of thiazole rings is 1. The van der Waals surface area contributed by atoms with Crippen LogP contribution >= 0.6 is 11.3 Å². The highest BCUT2D eigenvalue weighted by Gasteiger charge is 2.08. The summed E-state index contributed by atoms with van der Waals surface area (Å²) in [6.45, 7) is 0.848. The normalized spacial score (nSPS) is 12.5. The van der Waals surface area contributed by atoms with Gasteiger partial charge in [-0.1, -0.05) is 30.3 Å². The van der Waals surface area contributed by atoms with Crippen molar-refractivity contribution >= 4 is 11.3 Å². The van der Waals surface area contributed by atoms with Crippen molar-refractivity contribution in [3.8, 4) is 0 Å². The molecule has 1 unspecified atom stereocenters. The topological polar surface area (TPSA) is 45.1 Å². The Bertz CT molecular complexity index is 416. The quantitative estimate of drug-likeness (QED) is 0.820. The molecule has 0 bridgehead atoms. The lowest BCUT2D eigenvalue weighted by atomic mass is 10.1. The minimum absolute atomic E-state index is 0.0825. The number of rotatable bonds is 6.